The van der Waals surface area contributed by atoms with Crippen LogP contribution in [0.25, 0.3) is 0 Å². The molecule has 4 rings (SSSR count). The molecule has 3 aromatic rings. The van der Waals surface area contributed by atoms with Gasteiger partial charge in [0.1, 0.15) is 4.88 Å². The summed E-state index contributed by atoms with van der Waals surface area (Å²) in [5, 5.41) is 7.02. The summed E-state index contributed by atoms with van der Waals surface area (Å²) in [6.07, 6.45) is 2.46. The highest BCUT2D eigenvalue weighted by Gasteiger charge is 2.22. The number of nitrogens with one attached hydrogen (secondary N) is 1. The number of hydrogen-bond donors (Lipinski definition) is 1. The van der Waals surface area contributed by atoms with E-state index in [0.717, 1.165) is 47.7 Å². The number of rotatable bonds is 5. The van der Waals surface area contributed by atoms with E-state index >= 15 is 0 Å². The van der Waals surface area contributed by atoms with Crippen molar-refractivity contribution in [3.05, 3.63) is 75.8 Å². The van der Waals surface area contributed by atoms with Crippen LogP contribution in [0, 0.1) is 0 Å². The lowest BCUT2D eigenvalue weighted by Gasteiger charge is -2.29. The molecule has 0 aliphatic carbocycles. The minimum atomic E-state index is -0.184. The zero-order valence-corrected chi connectivity index (χ0v) is 17.0. The van der Waals surface area contributed by atoms with Crippen molar-refractivity contribution < 1.29 is 9.59 Å². The van der Waals surface area contributed by atoms with E-state index in [2.05, 4.69) is 14.9 Å². The molecule has 148 valence electrons. The predicted octanol–water partition coefficient (Wildman–Crippen LogP) is 3.94. The molecule has 0 radical (unpaired) electrons. The fraction of sp³-hybridized carbons (Fsp3) is 0.273. The Kier molecular flexibility index (Phi) is 5.67. The Morgan fingerprint density at radius 3 is 2.76 bits per heavy atom. The highest BCUT2D eigenvalue weighted by molar-refractivity contribution is 7.08. The fourth-order valence-corrected chi connectivity index (χ4v) is 4.14. The summed E-state index contributed by atoms with van der Waals surface area (Å²) in [4.78, 5) is 27.8. The molecule has 1 aromatic heterocycles. The number of aromatic nitrogens is 2. The molecular formula is C22H22N4O2S. The minimum Gasteiger partial charge on any atom is -0.334 e. The number of hydrogen-bond acceptors (Lipinski definition) is 5. The van der Waals surface area contributed by atoms with Gasteiger partial charge in [-0.25, -0.2) is 0 Å². The summed E-state index contributed by atoms with van der Waals surface area (Å²) in [7, 11) is 0. The van der Waals surface area contributed by atoms with Crippen LogP contribution in [-0.2, 0) is 19.4 Å². The standard InChI is InChI=1S/C22H22N4O2S/c1-2-6-19-20(29-25-24-19)21(27)23-18-10-9-15-11-12-26(14-17(15)13-18)22(28)16-7-4-3-5-8-16/h3-5,7-10,13H,2,6,11-12,14H2,1H3,(H,23,27). The first-order valence-electron chi connectivity index (χ1n) is 9.74. The van der Waals surface area contributed by atoms with E-state index < -0.39 is 0 Å². The molecule has 0 saturated carbocycles. The molecule has 2 heterocycles. The third-order valence-corrected chi connectivity index (χ3v) is 5.80. The molecule has 0 bridgehead atoms. The molecule has 0 spiro atoms. The summed E-state index contributed by atoms with van der Waals surface area (Å²) in [5.74, 6) is -0.151. The molecular weight excluding hydrogens is 384 g/mol. The second kappa shape index (κ2) is 8.53. The van der Waals surface area contributed by atoms with E-state index in [4.69, 9.17) is 0 Å². The molecule has 0 fully saturated rings. The second-order valence-electron chi connectivity index (χ2n) is 7.08. The minimum absolute atomic E-state index is 0.0330. The van der Waals surface area contributed by atoms with Gasteiger partial charge < -0.3 is 10.2 Å². The predicted molar refractivity (Wildman–Crippen MR) is 113 cm³/mol. The summed E-state index contributed by atoms with van der Waals surface area (Å²) < 4.78 is 3.92. The van der Waals surface area contributed by atoms with Gasteiger partial charge in [0, 0.05) is 24.3 Å². The average Bonchev–Trinajstić information content (AvgIpc) is 3.22. The molecule has 7 heteroatoms. The first-order valence-corrected chi connectivity index (χ1v) is 10.5. The maximum absolute atomic E-state index is 12.8. The highest BCUT2D eigenvalue weighted by Crippen LogP contribution is 2.25. The number of fused-ring (bicyclic) bond motifs is 1. The van der Waals surface area contributed by atoms with Gasteiger partial charge in [0.05, 0.1) is 5.69 Å². The number of carbonyl (C=O) groups is 2. The normalized spacial score (nSPS) is 13.1. The first kappa shape index (κ1) is 19.3. The number of nitrogens with zero attached hydrogens (tertiary/aromatic N) is 3. The van der Waals surface area contributed by atoms with E-state index in [1.54, 1.807) is 0 Å². The summed E-state index contributed by atoms with van der Waals surface area (Å²) in [6.45, 7) is 3.28. The van der Waals surface area contributed by atoms with Gasteiger partial charge in [0.2, 0.25) is 0 Å². The van der Waals surface area contributed by atoms with Crippen molar-refractivity contribution >= 4 is 29.0 Å². The van der Waals surface area contributed by atoms with Crippen LogP contribution < -0.4 is 5.32 Å². The smallest absolute Gasteiger partial charge is 0.269 e. The molecule has 1 aliphatic heterocycles. The highest BCUT2D eigenvalue weighted by atomic mass is 32.1. The summed E-state index contributed by atoms with van der Waals surface area (Å²) >= 11 is 1.12. The Balaban J connectivity index is 1.49. The SMILES string of the molecule is CCCc1nnsc1C(=O)Nc1ccc2c(c1)CN(C(=O)c1ccccc1)CC2. The Morgan fingerprint density at radius 1 is 1.14 bits per heavy atom. The molecule has 0 atom stereocenters. The van der Waals surface area contributed by atoms with Crippen LogP contribution in [0.5, 0.6) is 0 Å². The lowest BCUT2D eigenvalue weighted by molar-refractivity contribution is 0.0734. The van der Waals surface area contributed by atoms with E-state index in [-0.39, 0.29) is 11.8 Å². The lowest BCUT2D eigenvalue weighted by Crippen LogP contribution is -2.36. The van der Waals surface area contributed by atoms with Gasteiger partial charge in [-0.3, -0.25) is 9.59 Å². The molecule has 2 aromatic carbocycles. The number of amides is 2. The molecule has 2 amide bonds. The van der Waals surface area contributed by atoms with Crippen LogP contribution >= 0.6 is 11.5 Å². The number of benzene rings is 2. The molecule has 1 aliphatic rings. The number of anilines is 1. The van der Waals surface area contributed by atoms with Crippen LogP contribution in [-0.4, -0.2) is 32.8 Å². The van der Waals surface area contributed by atoms with Gasteiger partial charge in [-0.1, -0.05) is 42.1 Å². The largest absolute Gasteiger partial charge is 0.334 e. The Hall–Kier alpha value is -3.06. The zero-order chi connectivity index (χ0) is 20.2. The third kappa shape index (κ3) is 4.19. The van der Waals surface area contributed by atoms with Crippen molar-refractivity contribution in [2.45, 2.75) is 32.7 Å². The average molecular weight is 407 g/mol. The van der Waals surface area contributed by atoms with Crippen molar-refractivity contribution in [2.75, 3.05) is 11.9 Å². The Bertz CT molecular complexity index is 1030. The molecule has 0 unspecified atom stereocenters. The van der Waals surface area contributed by atoms with E-state index in [1.807, 2.05) is 60.4 Å². The van der Waals surface area contributed by atoms with Crippen LogP contribution in [0.2, 0.25) is 0 Å². The van der Waals surface area contributed by atoms with Crippen molar-refractivity contribution in [3.63, 3.8) is 0 Å². The Labute approximate surface area is 173 Å². The molecule has 6 nitrogen and oxygen atoms in total. The van der Waals surface area contributed by atoms with Crippen LogP contribution in [0.1, 0.15) is 50.2 Å². The maximum atomic E-state index is 12.8. The second-order valence-corrected chi connectivity index (χ2v) is 7.83. The molecule has 29 heavy (non-hydrogen) atoms. The van der Waals surface area contributed by atoms with Crippen LogP contribution in [0.15, 0.2) is 48.5 Å². The summed E-state index contributed by atoms with van der Waals surface area (Å²) in [5.41, 5.74) is 4.44. The van der Waals surface area contributed by atoms with E-state index in [1.165, 1.54) is 5.56 Å². The molecule has 1 N–H and O–H groups in total. The van der Waals surface area contributed by atoms with Crippen molar-refractivity contribution in [3.8, 4) is 0 Å². The number of aryl methyl sites for hydroxylation is 1. The van der Waals surface area contributed by atoms with Crippen molar-refractivity contribution in [2.24, 2.45) is 0 Å². The topological polar surface area (TPSA) is 75.2 Å². The third-order valence-electron chi connectivity index (χ3n) is 5.03. The van der Waals surface area contributed by atoms with Gasteiger partial charge >= 0.3 is 0 Å². The van der Waals surface area contributed by atoms with Gasteiger partial charge in [-0.15, -0.1) is 5.10 Å². The van der Waals surface area contributed by atoms with E-state index in [0.29, 0.717) is 23.5 Å². The maximum Gasteiger partial charge on any atom is 0.269 e. The zero-order valence-electron chi connectivity index (χ0n) is 16.2. The van der Waals surface area contributed by atoms with Crippen molar-refractivity contribution in [1.29, 1.82) is 0 Å². The van der Waals surface area contributed by atoms with Crippen molar-refractivity contribution in [1.82, 2.24) is 14.5 Å². The lowest BCUT2D eigenvalue weighted by atomic mass is 9.98. The van der Waals surface area contributed by atoms with Crippen LogP contribution in [0.4, 0.5) is 5.69 Å². The monoisotopic (exact) mass is 406 g/mol. The van der Waals surface area contributed by atoms with Gasteiger partial charge in [0.15, 0.2) is 0 Å². The quantitative estimate of drug-likeness (QED) is 0.696. The fourth-order valence-electron chi connectivity index (χ4n) is 3.54. The molecule has 0 saturated heterocycles. The van der Waals surface area contributed by atoms with Crippen LogP contribution in [0.3, 0.4) is 0 Å². The summed E-state index contributed by atoms with van der Waals surface area (Å²) in [6, 6.07) is 15.2. The Morgan fingerprint density at radius 2 is 1.97 bits per heavy atom. The van der Waals surface area contributed by atoms with E-state index in [9.17, 15) is 9.59 Å². The van der Waals surface area contributed by atoms with Gasteiger partial charge in [0.25, 0.3) is 11.8 Å². The number of carbonyl (C=O) groups excluding carboxylic acids is 2. The first-order chi connectivity index (χ1) is 14.2. The van der Waals surface area contributed by atoms with Gasteiger partial charge in [-0.05, 0) is 59.8 Å². The van der Waals surface area contributed by atoms with Gasteiger partial charge in [-0.2, -0.15) is 0 Å².